The summed E-state index contributed by atoms with van der Waals surface area (Å²) in [6.07, 6.45) is 3.43. The van der Waals surface area contributed by atoms with E-state index in [0.29, 0.717) is 12.8 Å². The number of hydrogen-bond acceptors (Lipinski definition) is 2. The molecule has 0 amide bonds. The molecule has 0 aromatic carbocycles. The predicted molar refractivity (Wildman–Crippen MR) is 36.3 cm³/mol. The first kappa shape index (κ1) is 7.45. The summed E-state index contributed by atoms with van der Waals surface area (Å²) in [5, 5.41) is 0. The van der Waals surface area contributed by atoms with E-state index >= 15 is 0 Å². The molecule has 1 aliphatic rings. The van der Waals surface area contributed by atoms with Gasteiger partial charge >= 0.3 is 0 Å². The smallest absolute Gasteiger partial charge is 0.155 e. The van der Waals surface area contributed by atoms with Gasteiger partial charge in [-0.1, -0.05) is 13.8 Å². The quantitative estimate of drug-likeness (QED) is 0.501. The lowest BCUT2D eigenvalue weighted by atomic mass is 9.76. The second-order valence-corrected chi connectivity index (χ2v) is 3.26. The third-order valence-electron chi connectivity index (χ3n) is 1.84. The molecule has 0 bridgehead atoms. The van der Waals surface area contributed by atoms with Crippen molar-refractivity contribution in [3.05, 3.63) is 6.42 Å². The first-order chi connectivity index (χ1) is 4.52. The van der Waals surface area contributed by atoms with E-state index in [4.69, 9.17) is 0 Å². The molecule has 0 N–H and O–H groups in total. The molecule has 0 spiro atoms. The standard InChI is InChI=1S/C8H10O2/c1-8(2)4-3-6(9)5-7(8)10/h3-4H2,1-2H3. The van der Waals surface area contributed by atoms with Gasteiger partial charge in [-0.05, 0) is 6.42 Å². The van der Waals surface area contributed by atoms with Gasteiger partial charge < -0.3 is 0 Å². The Morgan fingerprint density at radius 2 is 2.00 bits per heavy atom. The Morgan fingerprint density at radius 3 is 2.40 bits per heavy atom. The molecule has 0 atom stereocenters. The molecule has 0 aromatic rings. The number of carbonyl (C=O) groups excluding carboxylic acids is 2. The predicted octanol–water partition coefficient (Wildman–Crippen LogP) is 1.03. The van der Waals surface area contributed by atoms with Crippen LogP contribution >= 0.6 is 0 Å². The van der Waals surface area contributed by atoms with Crippen LogP contribution in [0.25, 0.3) is 0 Å². The van der Waals surface area contributed by atoms with Crippen molar-refractivity contribution in [2.75, 3.05) is 0 Å². The van der Waals surface area contributed by atoms with Gasteiger partial charge in [0.2, 0.25) is 0 Å². The molecule has 1 rings (SSSR count). The van der Waals surface area contributed by atoms with Gasteiger partial charge in [-0.15, -0.1) is 0 Å². The van der Waals surface area contributed by atoms with Crippen LogP contribution in [0.15, 0.2) is 0 Å². The van der Waals surface area contributed by atoms with Gasteiger partial charge in [0, 0.05) is 11.8 Å². The number of rotatable bonds is 0. The Labute approximate surface area is 60.6 Å². The molecule has 10 heavy (non-hydrogen) atoms. The summed E-state index contributed by atoms with van der Waals surface area (Å²) < 4.78 is 0. The second-order valence-electron chi connectivity index (χ2n) is 3.26. The Bertz CT molecular complexity index is 180. The molecule has 0 heterocycles. The highest BCUT2D eigenvalue weighted by molar-refractivity contribution is 6.14. The maximum Gasteiger partial charge on any atom is 0.155 e. The van der Waals surface area contributed by atoms with Gasteiger partial charge in [0.15, 0.2) is 5.78 Å². The van der Waals surface area contributed by atoms with Crippen LogP contribution in [0.2, 0.25) is 0 Å². The first-order valence-corrected chi connectivity index (χ1v) is 3.37. The molecule has 2 radical (unpaired) electrons. The van der Waals surface area contributed by atoms with Crippen LogP contribution in [0.5, 0.6) is 0 Å². The monoisotopic (exact) mass is 138 g/mol. The average Bonchev–Trinajstić information content (AvgIpc) is 1.81. The van der Waals surface area contributed by atoms with E-state index in [2.05, 4.69) is 6.42 Å². The van der Waals surface area contributed by atoms with Crippen LogP contribution in [0.3, 0.4) is 0 Å². The van der Waals surface area contributed by atoms with E-state index in [9.17, 15) is 9.59 Å². The van der Waals surface area contributed by atoms with Gasteiger partial charge in [0.05, 0.1) is 0 Å². The maximum absolute atomic E-state index is 11.0. The van der Waals surface area contributed by atoms with Crippen molar-refractivity contribution in [2.45, 2.75) is 26.7 Å². The van der Waals surface area contributed by atoms with E-state index in [1.165, 1.54) is 0 Å². The minimum absolute atomic E-state index is 0.149. The fraction of sp³-hybridized carbons (Fsp3) is 0.625. The largest absolute Gasteiger partial charge is 0.298 e. The molecular weight excluding hydrogens is 128 g/mol. The third kappa shape index (κ3) is 1.25. The summed E-state index contributed by atoms with van der Waals surface area (Å²) in [5.41, 5.74) is -0.353. The van der Waals surface area contributed by atoms with Crippen LogP contribution < -0.4 is 0 Å². The van der Waals surface area contributed by atoms with Gasteiger partial charge in [-0.2, -0.15) is 0 Å². The average molecular weight is 138 g/mol. The van der Waals surface area contributed by atoms with Crippen molar-refractivity contribution in [2.24, 2.45) is 5.41 Å². The summed E-state index contributed by atoms with van der Waals surface area (Å²) in [4.78, 5) is 21.6. The van der Waals surface area contributed by atoms with Crippen molar-refractivity contribution in [1.82, 2.24) is 0 Å². The molecule has 1 saturated carbocycles. The van der Waals surface area contributed by atoms with Crippen LogP contribution in [0.4, 0.5) is 0 Å². The summed E-state index contributed by atoms with van der Waals surface area (Å²) in [5.74, 6) is -0.298. The zero-order valence-electron chi connectivity index (χ0n) is 6.23. The topological polar surface area (TPSA) is 34.1 Å². The highest BCUT2D eigenvalue weighted by Crippen LogP contribution is 2.29. The van der Waals surface area contributed by atoms with Crippen molar-refractivity contribution >= 4 is 11.6 Å². The minimum Gasteiger partial charge on any atom is -0.298 e. The van der Waals surface area contributed by atoms with E-state index in [-0.39, 0.29) is 17.0 Å². The van der Waals surface area contributed by atoms with E-state index in [0.717, 1.165) is 0 Å². The Hall–Kier alpha value is -0.660. The molecule has 0 aliphatic heterocycles. The summed E-state index contributed by atoms with van der Waals surface area (Å²) in [6, 6.07) is 0. The van der Waals surface area contributed by atoms with Crippen LogP contribution in [0, 0.1) is 11.8 Å². The summed E-state index contributed by atoms with van der Waals surface area (Å²) in [7, 11) is 0. The number of carbonyl (C=O) groups is 2. The molecule has 0 saturated heterocycles. The first-order valence-electron chi connectivity index (χ1n) is 3.37. The molecular formula is C8H10O2. The highest BCUT2D eigenvalue weighted by atomic mass is 16.1. The number of Topliss-reactive ketones (excluding diaryl/α,β-unsaturated/α-hetero) is 2. The minimum atomic E-state index is -0.353. The molecule has 1 fully saturated rings. The SMILES string of the molecule is CC1(C)CCC(=O)[C]C1=O. The maximum atomic E-state index is 11.0. The summed E-state index contributed by atoms with van der Waals surface area (Å²) in [6.45, 7) is 3.68. The summed E-state index contributed by atoms with van der Waals surface area (Å²) >= 11 is 0. The zero-order valence-corrected chi connectivity index (χ0v) is 6.23. The van der Waals surface area contributed by atoms with Gasteiger partial charge in [0.25, 0.3) is 0 Å². The fourth-order valence-electron chi connectivity index (χ4n) is 0.898. The Morgan fingerprint density at radius 1 is 1.40 bits per heavy atom. The Balaban J connectivity index is 2.70. The fourth-order valence-corrected chi connectivity index (χ4v) is 0.898. The second kappa shape index (κ2) is 2.19. The van der Waals surface area contributed by atoms with Crippen LogP contribution in [-0.4, -0.2) is 11.6 Å². The normalized spacial score (nSPS) is 25.0. The van der Waals surface area contributed by atoms with E-state index in [1.807, 2.05) is 13.8 Å². The van der Waals surface area contributed by atoms with Crippen molar-refractivity contribution in [1.29, 1.82) is 0 Å². The van der Waals surface area contributed by atoms with Gasteiger partial charge in [0.1, 0.15) is 12.2 Å². The molecule has 1 aliphatic carbocycles. The lowest BCUT2D eigenvalue weighted by molar-refractivity contribution is -0.131. The van der Waals surface area contributed by atoms with Gasteiger partial charge in [-0.25, -0.2) is 0 Å². The molecule has 0 unspecified atom stereocenters. The van der Waals surface area contributed by atoms with Crippen molar-refractivity contribution in [3.63, 3.8) is 0 Å². The van der Waals surface area contributed by atoms with Crippen LogP contribution in [0.1, 0.15) is 26.7 Å². The Kier molecular flexibility index (Phi) is 1.63. The van der Waals surface area contributed by atoms with E-state index < -0.39 is 0 Å². The molecule has 0 aromatic heterocycles. The lowest BCUT2D eigenvalue weighted by Gasteiger charge is -2.25. The van der Waals surface area contributed by atoms with Gasteiger partial charge in [-0.3, -0.25) is 9.59 Å². The van der Waals surface area contributed by atoms with Crippen molar-refractivity contribution < 1.29 is 9.59 Å². The highest BCUT2D eigenvalue weighted by Gasteiger charge is 2.34. The van der Waals surface area contributed by atoms with Crippen molar-refractivity contribution in [3.8, 4) is 0 Å². The number of hydrogen-bond donors (Lipinski definition) is 0. The van der Waals surface area contributed by atoms with E-state index in [1.54, 1.807) is 0 Å². The third-order valence-corrected chi connectivity index (χ3v) is 1.84. The molecule has 2 heteroatoms. The molecule has 2 nitrogen and oxygen atoms in total. The zero-order chi connectivity index (χ0) is 7.78. The number of ketones is 2. The van der Waals surface area contributed by atoms with Crippen LogP contribution in [-0.2, 0) is 9.59 Å². The lowest BCUT2D eigenvalue weighted by Crippen LogP contribution is -2.32. The molecule has 54 valence electrons.